The zero-order valence-corrected chi connectivity index (χ0v) is 8.23. The third-order valence-electron chi connectivity index (χ3n) is 1.76. The number of carbonyl (C=O) groups excluding carboxylic acids is 1. The molecular weight excluding hydrogens is 198 g/mol. The van der Waals surface area contributed by atoms with E-state index in [-0.39, 0.29) is 23.7 Å². The summed E-state index contributed by atoms with van der Waals surface area (Å²) in [7, 11) is 1.50. The van der Waals surface area contributed by atoms with E-state index >= 15 is 0 Å². The Morgan fingerprint density at radius 1 is 1.67 bits per heavy atom. The summed E-state index contributed by atoms with van der Waals surface area (Å²) in [5.41, 5.74) is 0.261. The highest BCUT2D eigenvalue weighted by molar-refractivity contribution is 5.91. The van der Waals surface area contributed by atoms with Gasteiger partial charge in [0.25, 0.3) is 5.91 Å². The average Bonchev–Trinajstić information content (AvgIpc) is 2.65. The van der Waals surface area contributed by atoms with Gasteiger partial charge in [0.15, 0.2) is 0 Å². The van der Waals surface area contributed by atoms with Crippen molar-refractivity contribution in [2.75, 3.05) is 7.05 Å². The molecule has 6 nitrogen and oxygen atoms in total. The highest BCUT2D eigenvalue weighted by Crippen LogP contribution is 1.99. The fourth-order valence-electron chi connectivity index (χ4n) is 0.962. The van der Waals surface area contributed by atoms with E-state index < -0.39 is 5.97 Å². The number of hydrogen-bond donors (Lipinski definition) is 2. The van der Waals surface area contributed by atoms with Crippen molar-refractivity contribution in [1.82, 2.24) is 15.1 Å². The van der Waals surface area contributed by atoms with Crippen molar-refractivity contribution in [3.63, 3.8) is 0 Å². The van der Waals surface area contributed by atoms with Crippen LogP contribution in [0.15, 0.2) is 24.4 Å². The van der Waals surface area contributed by atoms with Gasteiger partial charge in [0.2, 0.25) is 0 Å². The van der Waals surface area contributed by atoms with Crippen LogP contribution in [-0.4, -0.2) is 33.8 Å². The van der Waals surface area contributed by atoms with Crippen molar-refractivity contribution in [1.29, 1.82) is 0 Å². The summed E-state index contributed by atoms with van der Waals surface area (Å²) in [6, 6.07) is 1.51. The van der Waals surface area contributed by atoms with Crippen LogP contribution >= 0.6 is 0 Å². The van der Waals surface area contributed by atoms with Crippen molar-refractivity contribution in [2.24, 2.45) is 0 Å². The molecule has 1 amide bonds. The van der Waals surface area contributed by atoms with E-state index in [1.807, 2.05) is 0 Å². The molecule has 0 atom stereocenters. The number of nitrogens with one attached hydrogen (secondary N) is 1. The van der Waals surface area contributed by atoms with Gasteiger partial charge < -0.3 is 10.4 Å². The molecule has 0 saturated heterocycles. The molecule has 0 radical (unpaired) electrons. The van der Waals surface area contributed by atoms with Gasteiger partial charge in [-0.25, -0.2) is 4.79 Å². The first kappa shape index (κ1) is 11.0. The van der Waals surface area contributed by atoms with Crippen molar-refractivity contribution < 1.29 is 14.7 Å². The number of carbonyl (C=O) groups is 2. The number of carboxylic acids is 1. The molecule has 0 aliphatic rings. The Bertz CT molecular complexity index is 408. The molecule has 0 aromatic carbocycles. The minimum atomic E-state index is -1.08. The minimum Gasteiger partial charge on any atom is -0.478 e. The average molecular weight is 209 g/mol. The highest BCUT2D eigenvalue weighted by Gasteiger charge is 2.09. The summed E-state index contributed by atoms with van der Waals surface area (Å²) in [4.78, 5) is 21.6. The second-order valence-electron chi connectivity index (χ2n) is 2.89. The number of aromatic nitrogens is 2. The lowest BCUT2D eigenvalue weighted by molar-refractivity contribution is -0.132. The van der Waals surface area contributed by atoms with Gasteiger partial charge in [-0.2, -0.15) is 5.10 Å². The molecule has 15 heavy (non-hydrogen) atoms. The second kappa shape index (κ2) is 4.41. The van der Waals surface area contributed by atoms with Crippen molar-refractivity contribution in [2.45, 2.75) is 6.54 Å². The molecule has 2 N–H and O–H groups in total. The first-order valence-corrected chi connectivity index (χ1v) is 4.21. The summed E-state index contributed by atoms with van der Waals surface area (Å²) >= 11 is 0. The Morgan fingerprint density at radius 3 is 2.87 bits per heavy atom. The van der Waals surface area contributed by atoms with Gasteiger partial charge in [-0.3, -0.25) is 9.48 Å². The Morgan fingerprint density at radius 2 is 2.33 bits per heavy atom. The second-order valence-corrected chi connectivity index (χ2v) is 2.89. The first-order chi connectivity index (χ1) is 7.04. The number of amides is 1. The topological polar surface area (TPSA) is 84.2 Å². The monoisotopic (exact) mass is 209 g/mol. The molecular formula is C9H11N3O3. The number of rotatable bonds is 4. The van der Waals surface area contributed by atoms with Crippen LogP contribution in [0.5, 0.6) is 0 Å². The fraction of sp³-hybridized carbons (Fsp3) is 0.222. The number of nitrogens with zero attached hydrogens (tertiary/aromatic N) is 2. The van der Waals surface area contributed by atoms with Crippen LogP contribution in [0, 0.1) is 0 Å². The molecule has 1 rings (SSSR count). The smallest absolute Gasteiger partial charge is 0.332 e. The van der Waals surface area contributed by atoms with Gasteiger partial charge in [0, 0.05) is 13.2 Å². The Labute approximate surface area is 86.2 Å². The third kappa shape index (κ3) is 2.67. The maximum Gasteiger partial charge on any atom is 0.332 e. The minimum absolute atomic E-state index is 0.0153. The molecule has 1 aromatic heterocycles. The van der Waals surface area contributed by atoms with E-state index in [1.165, 1.54) is 24.0 Å². The van der Waals surface area contributed by atoms with Gasteiger partial charge in [-0.15, -0.1) is 0 Å². The Balaban J connectivity index is 2.73. The highest BCUT2D eigenvalue weighted by atomic mass is 16.4. The summed E-state index contributed by atoms with van der Waals surface area (Å²) in [6.07, 6.45) is 1.53. The van der Waals surface area contributed by atoms with Crippen LogP contribution in [0.1, 0.15) is 10.5 Å². The number of hydrogen-bond acceptors (Lipinski definition) is 3. The molecule has 0 aliphatic carbocycles. The van der Waals surface area contributed by atoms with Crippen molar-refractivity contribution >= 4 is 11.9 Å². The first-order valence-electron chi connectivity index (χ1n) is 4.21. The van der Waals surface area contributed by atoms with Gasteiger partial charge in [-0.1, -0.05) is 6.58 Å². The Hall–Kier alpha value is -2.11. The lowest BCUT2D eigenvalue weighted by Crippen LogP contribution is -2.19. The number of carboxylic acid groups (broad SMARTS) is 1. The standard InChI is InChI=1S/C9H11N3O3/c1-6(9(14)15)5-12-4-3-7(11-12)8(13)10-2/h3-4H,1,5H2,2H3,(H,10,13)(H,14,15). The van der Waals surface area contributed by atoms with Crippen LogP contribution in [0.2, 0.25) is 0 Å². The molecule has 0 aliphatic heterocycles. The van der Waals surface area contributed by atoms with E-state index in [4.69, 9.17) is 5.11 Å². The van der Waals surface area contributed by atoms with E-state index in [2.05, 4.69) is 17.0 Å². The predicted molar refractivity (Wildman–Crippen MR) is 52.4 cm³/mol. The maximum atomic E-state index is 11.1. The summed E-state index contributed by atoms with van der Waals surface area (Å²) in [5, 5.41) is 14.9. The molecule has 0 saturated carbocycles. The zero-order chi connectivity index (χ0) is 11.4. The lowest BCUT2D eigenvalue weighted by atomic mass is 10.3. The van der Waals surface area contributed by atoms with Gasteiger partial charge in [0.05, 0.1) is 12.1 Å². The normalized spacial score (nSPS) is 9.67. The molecule has 0 spiro atoms. The third-order valence-corrected chi connectivity index (χ3v) is 1.76. The van der Waals surface area contributed by atoms with E-state index in [9.17, 15) is 9.59 Å². The summed E-state index contributed by atoms with van der Waals surface area (Å²) in [6.45, 7) is 3.42. The van der Waals surface area contributed by atoms with Crippen LogP contribution < -0.4 is 5.32 Å². The van der Waals surface area contributed by atoms with E-state index in [0.29, 0.717) is 0 Å². The fourth-order valence-corrected chi connectivity index (χ4v) is 0.962. The SMILES string of the molecule is C=C(Cn1ccc(C(=O)NC)n1)C(=O)O. The van der Waals surface area contributed by atoms with E-state index in [0.717, 1.165) is 0 Å². The zero-order valence-electron chi connectivity index (χ0n) is 8.23. The molecule has 0 bridgehead atoms. The molecule has 1 aromatic rings. The van der Waals surface area contributed by atoms with Gasteiger partial charge in [-0.05, 0) is 6.07 Å². The largest absolute Gasteiger partial charge is 0.478 e. The maximum absolute atomic E-state index is 11.1. The van der Waals surface area contributed by atoms with Crippen LogP contribution in [-0.2, 0) is 11.3 Å². The molecule has 1 heterocycles. The van der Waals surface area contributed by atoms with E-state index in [1.54, 1.807) is 0 Å². The van der Waals surface area contributed by atoms with Crippen molar-refractivity contribution in [3.05, 3.63) is 30.1 Å². The molecule has 0 unspecified atom stereocenters. The van der Waals surface area contributed by atoms with Crippen molar-refractivity contribution in [3.8, 4) is 0 Å². The summed E-state index contributed by atoms with van der Waals surface area (Å²) in [5.74, 6) is -1.39. The van der Waals surface area contributed by atoms with Crippen LogP contribution in [0.25, 0.3) is 0 Å². The van der Waals surface area contributed by atoms with Crippen LogP contribution in [0.3, 0.4) is 0 Å². The lowest BCUT2D eigenvalue weighted by Gasteiger charge is -2.00. The Kier molecular flexibility index (Phi) is 3.22. The summed E-state index contributed by atoms with van der Waals surface area (Å²) < 4.78 is 1.35. The van der Waals surface area contributed by atoms with Gasteiger partial charge >= 0.3 is 5.97 Å². The number of aliphatic carboxylic acids is 1. The molecule has 80 valence electrons. The predicted octanol–water partition coefficient (Wildman–Crippen LogP) is -0.117. The molecule has 0 fully saturated rings. The quantitative estimate of drug-likeness (QED) is 0.677. The van der Waals surface area contributed by atoms with Gasteiger partial charge in [0.1, 0.15) is 5.69 Å². The molecule has 6 heteroatoms. The van der Waals surface area contributed by atoms with Crippen LogP contribution in [0.4, 0.5) is 0 Å².